The minimum atomic E-state index is -1.14. The van der Waals surface area contributed by atoms with Crippen molar-refractivity contribution in [2.45, 2.75) is 12.3 Å². The normalized spacial score (nSPS) is 11.6. The summed E-state index contributed by atoms with van der Waals surface area (Å²) in [6.07, 6.45) is 7.36. The van der Waals surface area contributed by atoms with E-state index in [1.807, 2.05) is 24.3 Å². The Bertz CT molecular complexity index is 1150. The summed E-state index contributed by atoms with van der Waals surface area (Å²) in [5.41, 5.74) is 1.75. The molecule has 0 spiro atoms. The molecule has 0 bridgehead atoms. The van der Waals surface area contributed by atoms with E-state index in [0.29, 0.717) is 17.9 Å². The first-order chi connectivity index (χ1) is 19.7. The number of allylic oxidation sites excluding steroid dienone is 2. The molecular formula is C31H32O10. The monoisotopic (exact) mass is 564 g/mol. The lowest BCUT2D eigenvalue weighted by molar-refractivity contribution is -0.139. The summed E-state index contributed by atoms with van der Waals surface area (Å²) in [5.74, 6) is -3.02. The number of carbonyl (C=O) groups is 4. The van der Waals surface area contributed by atoms with Crippen LogP contribution in [0.3, 0.4) is 0 Å². The van der Waals surface area contributed by atoms with Crippen molar-refractivity contribution in [2.75, 3.05) is 26.4 Å². The molecule has 0 aliphatic carbocycles. The second kappa shape index (κ2) is 17.5. The van der Waals surface area contributed by atoms with Gasteiger partial charge >= 0.3 is 23.9 Å². The summed E-state index contributed by atoms with van der Waals surface area (Å²) < 4.78 is 21.0. The van der Waals surface area contributed by atoms with Gasteiger partial charge in [-0.1, -0.05) is 49.6 Å². The molecule has 2 aromatic carbocycles. The average molecular weight is 565 g/mol. The van der Waals surface area contributed by atoms with Crippen molar-refractivity contribution in [3.63, 3.8) is 0 Å². The fraction of sp³-hybridized carbons (Fsp3) is 0.226. The number of carboxylic acids is 2. The van der Waals surface area contributed by atoms with Gasteiger partial charge < -0.3 is 29.2 Å². The minimum absolute atomic E-state index is 0.0633. The molecule has 41 heavy (non-hydrogen) atoms. The molecule has 10 heteroatoms. The van der Waals surface area contributed by atoms with Gasteiger partial charge in [0.05, 0.1) is 0 Å². The maximum Gasteiger partial charge on any atom is 0.330 e. The van der Waals surface area contributed by atoms with Gasteiger partial charge in [0.1, 0.15) is 37.9 Å². The van der Waals surface area contributed by atoms with Crippen LogP contribution in [0.15, 0.2) is 98.1 Å². The lowest BCUT2D eigenvalue weighted by atomic mass is 9.83. The zero-order valence-corrected chi connectivity index (χ0v) is 22.3. The van der Waals surface area contributed by atoms with Crippen molar-refractivity contribution >= 4 is 23.9 Å². The van der Waals surface area contributed by atoms with Gasteiger partial charge in [-0.05, 0) is 47.7 Å². The highest BCUT2D eigenvalue weighted by Gasteiger charge is 2.19. The standard InChI is InChI=1S/C31H32O10/c1-3-30(36)40-19-17-38-25-11-7-23(8-12-25)27(21-22(5-15-28(32)33)6-16-29(34)35)24-9-13-26(14-10-24)39-18-20-41-31(37)4-2/h3-16,22,27H,1-2,17-21H2,(H,32,33)(H,34,35). The molecule has 0 radical (unpaired) electrons. The molecule has 0 heterocycles. The van der Waals surface area contributed by atoms with E-state index in [1.165, 1.54) is 12.2 Å². The molecule has 0 atom stereocenters. The summed E-state index contributed by atoms with van der Waals surface area (Å²) in [4.78, 5) is 44.6. The van der Waals surface area contributed by atoms with Crippen LogP contribution in [0.2, 0.25) is 0 Å². The molecule has 0 aliphatic rings. The Morgan fingerprint density at radius 3 is 1.39 bits per heavy atom. The van der Waals surface area contributed by atoms with Crippen LogP contribution in [0.5, 0.6) is 11.5 Å². The Kier molecular flexibility index (Phi) is 13.7. The maximum absolute atomic E-state index is 11.2. The number of carboxylic acid groups (broad SMARTS) is 2. The number of benzene rings is 2. The lowest BCUT2D eigenvalue weighted by Gasteiger charge is -2.22. The molecule has 10 nitrogen and oxygen atoms in total. The number of rotatable bonds is 18. The summed E-state index contributed by atoms with van der Waals surface area (Å²) in [5, 5.41) is 18.2. The van der Waals surface area contributed by atoms with Crippen LogP contribution in [0.1, 0.15) is 23.5 Å². The zero-order valence-electron chi connectivity index (χ0n) is 22.3. The molecule has 0 saturated heterocycles. The Morgan fingerprint density at radius 1 is 0.659 bits per heavy atom. The number of carbonyl (C=O) groups excluding carboxylic acids is 2. The summed E-state index contributed by atoms with van der Waals surface area (Å²) >= 11 is 0. The predicted molar refractivity (Wildman–Crippen MR) is 150 cm³/mol. The Morgan fingerprint density at radius 2 is 1.05 bits per heavy atom. The average Bonchev–Trinajstić information content (AvgIpc) is 2.97. The molecule has 0 aromatic heterocycles. The van der Waals surface area contributed by atoms with Crippen molar-refractivity contribution in [1.82, 2.24) is 0 Å². The van der Waals surface area contributed by atoms with E-state index in [1.54, 1.807) is 24.3 Å². The lowest BCUT2D eigenvalue weighted by Crippen LogP contribution is -2.11. The largest absolute Gasteiger partial charge is 0.490 e. The molecule has 0 amide bonds. The molecule has 2 aromatic rings. The van der Waals surface area contributed by atoms with E-state index in [4.69, 9.17) is 29.2 Å². The highest BCUT2D eigenvalue weighted by molar-refractivity contribution is 5.81. The second-order valence-corrected chi connectivity index (χ2v) is 8.43. The van der Waals surface area contributed by atoms with E-state index in [2.05, 4.69) is 13.2 Å². The first-order valence-corrected chi connectivity index (χ1v) is 12.6. The molecule has 2 N–H and O–H groups in total. The molecule has 0 fully saturated rings. The van der Waals surface area contributed by atoms with E-state index in [9.17, 15) is 19.2 Å². The third-order valence-corrected chi connectivity index (χ3v) is 5.57. The fourth-order valence-corrected chi connectivity index (χ4v) is 3.68. The van der Waals surface area contributed by atoms with Crippen LogP contribution in [0.4, 0.5) is 0 Å². The Hall–Kier alpha value is -5.12. The summed E-state index contributed by atoms with van der Waals surface area (Å²) in [7, 11) is 0. The topological polar surface area (TPSA) is 146 Å². The minimum Gasteiger partial charge on any atom is -0.490 e. The third kappa shape index (κ3) is 12.5. The quantitative estimate of drug-likeness (QED) is 0.152. The van der Waals surface area contributed by atoms with Crippen LogP contribution < -0.4 is 9.47 Å². The summed E-state index contributed by atoms with van der Waals surface area (Å²) in [6.45, 7) is 7.09. The second-order valence-electron chi connectivity index (χ2n) is 8.43. The molecule has 0 saturated carbocycles. The van der Waals surface area contributed by atoms with Gasteiger partial charge in [0.2, 0.25) is 0 Å². The van der Waals surface area contributed by atoms with E-state index >= 15 is 0 Å². The van der Waals surface area contributed by atoms with Gasteiger partial charge in [0, 0.05) is 30.2 Å². The first kappa shape index (κ1) is 32.1. The van der Waals surface area contributed by atoms with Crippen molar-refractivity contribution in [3.8, 4) is 11.5 Å². The highest BCUT2D eigenvalue weighted by atomic mass is 16.6. The number of aliphatic carboxylic acids is 2. The van der Waals surface area contributed by atoms with E-state index in [-0.39, 0.29) is 32.3 Å². The van der Waals surface area contributed by atoms with Gasteiger partial charge in [-0.3, -0.25) is 0 Å². The third-order valence-electron chi connectivity index (χ3n) is 5.57. The summed E-state index contributed by atoms with van der Waals surface area (Å²) in [6, 6.07) is 14.5. The number of esters is 2. The van der Waals surface area contributed by atoms with Crippen molar-refractivity contribution in [3.05, 3.63) is 109 Å². The van der Waals surface area contributed by atoms with Crippen molar-refractivity contribution in [1.29, 1.82) is 0 Å². The first-order valence-electron chi connectivity index (χ1n) is 12.6. The van der Waals surface area contributed by atoms with Gasteiger partial charge in [0.25, 0.3) is 0 Å². The Balaban J connectivity index is 2.25. The van der Waals surface area contributed by atoms with Crippen LogP contribution in [0.25, 0.3) is 0 Å². The highest BCUT2D eigenvalue weighted by Crippen LogP contribution is 2.34. The smallest absolute Gasteiger partial charge is 0.330 e. The predicted octanol–water partition coefficient (Wildman–Crippen LogP) is 4.32. The molecule has 0 aliphatic heterocycles. The zero-order chi connectivity index (χ0) is 30.0. The Labute approximate surface area is 237 Å². The van der Waals surface area contributed by atoms with Crippen LogP contribution in [-0.2, 0) is 28.7 Å². The maximum atomic E-state index is 11.2. The number of ether oxygens (including phenoxy) is 4. The molecule has 0 unspecified atom stereocenters. The SMILES string of the molecule is C=CC(=O)OCCOc1ccc(C(CC(C=CC(=O)O)C=CC(=O)O)c2ccc(OCCOC(=O)C=C)cc2)cc1. The molecule has 2 rings (SSSR count). The fourth-order valence-electron chi connectivity index (χ4n) is 3.68. The van der Waals surface area contributed by atoms with Gasteiger partial charge in [-0.25, -0.2) is 19.2 Å². The molecular weight excluding hydrogens is 532 g/mol. The molecule has 216 valence electrons. The van der Waals surface area contributed by atoms with E-state index in [0.717, 1.165) is 35.4 Å². The van der Waals surface area contributed by atoms with Crippen LogP contribution >= 0.6 is 0 Å². The van der Waals surface area contributed by atoms with Gasteiger partial charge in [0.15, 0.2) is 0 Å². The number of hydrogen-bond acceptors (Lipinski definition) is 8. The number of hydrogen-bond donors (Lipinski definition) is 2. The van der Waals surface area contributed by atoms with Crippen LogP contribution in [0, 0.1) is 5.92 Å². The van der Waals surface area contributed by atoms with Gasteiger partial charge in [-0.2, -0.15) is 0 Å². The van der Waals surface area contributed by atoms with Gasteiger partial charge in [-0.15, -0.1) is 0 Å². The van der Waals surface area contributed by atoms with Crippen LogP contribution in [-0.4, -0.2) is 60.5 Å². The van der Waals surface area contributed by atoms with Crippen molar-refractivity contribution < 1.29 is 48.3 Å². The van der Waals surface area contributed by atoms with E-state index < -0.39 is 29.8 Å². The van der Waals surface area contributed by atoms with Crippen molar-refractivity contribution in [2.24, 2.45) is 5.92 Å².